The van der Waals surface area contributed by atoms with Crippen molar-refractivity contribution in [1.82, 2.24) is 19.9 Å². The van der Waals surface area contributed by atoms with E-state index in [0.717, 1.165) is 36.4 Å². The Morgan fingerprint density at radius 3 is 3.12 bits per heavy atom. The van der Waals surface area contributed by atoms with Crippen LogP contribution in [0.2, 0.25) is 0 Å². The molecule has 1 unspecified atom stereocenters. The predicted molar refractivity (Wildman–Crippen MR) is 98.3 cm³/mol. The molecule has 3 aromatic rings. The zero-order chi connectivity index (χ0) is 17.9. The van der Waals surface area contributed by atoms with Gasteiger partial charge in [-0.3, -0.25) is 0 Å². The quantitative estimate of drug-likeness (QED) is 0.680. The molecular weight excluding hydrogens is 332 g/mol. The highest BCUT2D eigenvalue weighted by Crippen LogP contribution is 2.28. The topological polar surface area (TPSA) is 96.0 Å². The minimum absolute atomic E-state index is 0.0853. The zero-order valence-electron chi connectivity index (χ0n) is 14.5. The van der Waals surface area contributed by atoms with Crippen LogP contribution in [-0.4, -0.2) is 52.1 Å². The number of nitrogens with one attached hydrogen (secondary N) is 2. The molecule has 4 rings (SSSR count). The highest BCUT2D eigenvalue weighted by atomic mass is 16.5. The van der Waals surface area contributed by atoms with E-state index in [1.165, 1.54) is 6.33 Å². The van der Waals surface area contributed by atoms with Gasteiger partial charge in [-0.15, -0.1) is 0 Å². The molecular formula is C18H20N6O2. The summed E-state index contributed by atoms with van der Waals surface area (Å²) in [7, 11) is 1.79. The molecule has 8 nitrogen and oxygen atoms in total. The molecule has 8 heteroatoms. The molecule has 1 atom stereocenters. The van der Waals surface area contributed by atoms with Crippen LogP contribution in [-0.2, 0) is 4.74 Å². The average Bonchev–Trinajstić information content (AvgIpc) is 3.34. The van der Waals surface area contributed by atoms with Crippen LogP contribution in [0.15, 0.2) is 36.9 Å². The van der Waals surface area contributed by atoms with Crippen LogP contribution in [0, 0.1) is 0 Å². The van der Waals surface area contributed by atoms with Crippen LogP contribution < -0.4 is 10.2 Å². The van der Waals surface area contributed by atoms with Crippen molar-refractivity contribution in [3.05, 3.63) is 42.5 Å². The Kier molecular flexibility index (Phi) is 4.39. The number of hydrogen-bond acceptors (Lipinski definition) is 7. The number of aromatic amines is 1. The van der Waals surface area contributed by atoms with Crippen molar-refractivity contribution < 1.29 is 9.53 Å². The van der Waals surface area contributed by atoms with E-state index >= 15 is 0 Å². The summed E-state index contributed by atoms with van der Waals surface area (Å²) in [6, 6.07) is 7.41. The van der Waals surface area contributed by atoms with Crippen molar-refractivity contribution in [3.8, 4) is 0 Å². The number of esters is 1. The van der Waals surface area contributed by atoms with Crippen molar-refractivity contribution >= 4 is 28.6 Å². The van der Waals surface area contributed by atoms with Crippen LogP contribution in [0.4, 0.5) is 11.5 Å². The fraction of sp³-hybridized carbons (Fsp3) is 0.333. The van der Waals surface area contributed by atoms with Crippen LogP contribution in [0.1, 0.15) is 23.2 Å². The van der Waals surface area contributed by atoms with E-state index in [1.54, 1.807) is 19.4 Å². The molecule has 1 fully saturated rings. The largest absolute Gasteiger partial charge is 0.460 e. The summed E-state index contributed by atoms with van der Waals surface area (Å²) in [6.45, 7) is 1.18. The maximum atomic E-state index is 12.5. The van der Waals surface area contributed by atoms with E-state index in [0.29, 0.717) is 17.8 Å². The summed E-state index contributed by atoms with van der Waals surface area (Å²) in [5, 5.41) is 3.02. The molecule has 1 saturated heterocycles. The Morgan fingerprint density at radius 2 is 2.23 bits per heavy atom. The lowest BCUT2D eigenvalue weighted by Gasteiger charge is -2.25. The number of imidazole rings is 1. The van der Waals surface area contributed by atoms with E-state index in [2.05, 4.69) is 30.2 Å². The monoisotopic (exact) mass is 352 g/mol. The highest BCUT2D eigenvalue weighted by Gasteiger charge is 2.29. The van der Waals surface area contributed by atoms with Gasteiger partial charge in [-0.2, -0.15) is 0 Å². The molecule has 0 spiro atoms. The number of fused-ring (bicyclic) bond motifs is 1. The molecule has 26 heavy (non-hydrogen) atoms. The Hall–Kier alpha value is -3.16. The SMILES string of the molecule is CNc1ccccc1C(=O)OCC1CCCN1c1ncnc2nc[nH]c12. The van der Waals surface area contributed by atoms with Crippen molar-refractivity contribution in [2.45, 2.75) is 18.9 Å². The lowest BCUT2D eigenvalue weighted by Crippen LogP contribution is -2.34. The van der Waals surface area contributed by atoms with Crippen molar-refractivity contribution in [1.29, 1.82) is 0 Å². The lowest BCUT2D eigenvalue weighted by atomic mass is 10.2. The van der Waals surface area contributed by atoms with Crippen LogP contribution >= 0.6 is 0 Å². The van der Waals surface area contributed by atoms with E-state index in [9.17, 15) is 4.79 Å². The summed E-state index contributed by atoms with van der Waals surface area (Å²) in [5.74, 6) is 0.484. The number of para-hydroxylation sites is 1. The fourth-order valence-corrected chi connectivity index (χ4v) is 3.39. The maximum Gasteiger partial charge on any atom is 0.340 e. The highest BCUT2D eigenvalue weighted by molar-refractivity contribution is 5.95. The summed E-state index contributed by atoms with van der Waals surface area (Å²) in [5.41, 5.74) is 2.75. The van der Waals surface area contributed by atoms with Gasteiger partial charge >= 0.3 is 5.97 Å². The molecule has 1 aliphatic heterocycles. The van der Waals surface area contributed by atoms with Gasteiger partial charge in [0.15, 0.2) is 11.5 Å². The Balaban J connectivity index is 1.49. The van der Waals surface area contributed by atoms with Crippen LogP contribution in [0.25, 0.3) is 11.2 Å². The molecule has 0 amide bonds. The van der Waals surface area contributed by atoms with Gasteiger partial charge in [0, 0.05) is 19.3 Å². The Labute approximate surface area is 150 Å². The van der Waals surface area contributed by atoms with Crippen LogP contribution in [0.5, 0.6) is 0 Å². The van der Waals surface area contributed by atoms with Gasteiger partial charge in [0.2, 0.25) is 0 Å². The molecule has 3 heterocycles. The van der Waals surface area contributed by atoms with E-state index < -0.39 is 0 Å². The first kappa shape index (κ1) is 16.3. The second-order valence-electron chi connectivity index (χ2n) is 6.18. The molecule has 0 aliphatic carbocycles. The summed E-state index contributed by atoms with van der Waals surface area (Å²) in [6.07, 6.45) is 5.10. The lowest BCUT2D eigenvalue weighted by molar-refractivity contribution is 0.0484. The summed E-state index contributed by atoms with van der Waals surface area (Å²) < 4.78 is 5.61. The number of rotatable bonds is 5. The average molecular weight is 352 g/mol. The molecule has 0 saturated carbocycles. The molecule has 2 aromatic heterocycles. The summed E-state index contributed by atoms with van der Waals surface area (Å²) >= 11 is 0. The number of H-pyrrole nitrogens is 1. The molecule has 134 valence electrons. The van der Waals surface area contributed by atoms with E-state index in [4.69, 9.17) is 4.74 Å². The van der Waals surface area contributed by atoms with Gasteiger partial charge in [0.1, 0.15) is 18.5 Å². The third kappa shape index (κ3) is 2.94. The van der Waals surface area contributed by atoms with Crippen molar-refractivity contribution in [2.75, 3.05) is 30.4 Å². The predicted octanol–water partition coefficient (Wildman–Crippen LogP) is 2.22. The van der Waals surface area contributed by atoms with Gasteiger partial charge < -0.3 is 19.9 Å². The van der Waals surface area contributed by atoms with Gasteiger partial charge in [-0.25, -0.2) is 19.7 Å². The van der Waals surface area contributed by atoms with E-state index in [-0.39, 0.29) is 12.0 Å². The number of anilines is 2. The first-order chi connectivity index (χ1) is 12.8. The number of ether oxygens (including phenoxy) is 1. The van der Waals surface area contributed by atoms with Gasteiger partial charge in [0.05, 0.1) is 17.9 Å². The first-order valence-electron chi connectivity index (χ1n) is 8.62. The summed E-state index contributed by atoms with van der Waals surface area (Å²) in [4.78, 5) is 30.5. The minimum atomic E-state index is -0.323. The van der Waals surface area contributed by atoms with Crippen molar-refractivity contribution in [2.24, 2.45) is 0 Å². The maximum absolute atomic E-state index is 12.5. The van der Waals surface area contributed by atoms with Crippen molar-refractivity contribution in [3.63, 3.8) is 0 Å². The number of carbonyl (C=O) groups excluding carboxylic acids is 1. The minimum Gasteiger partial charge on any atom is -0.460 e. The number of hydrogen-bond donors (Lipinski definition) is 2. The third-order valence-electron chi connectivity index (χ3n) is 4.68. The normalized spacial score (nSPS) is 16.8. The second kappa shape index (κ2) is 6.99. The number of nitrogens with zero attached hydrogens (tertiary/aromatic N) is 4. The van der Waals surface area contributed by atoms with Crippen LogP contribution in [0.3, 0.4) is 0 Å². The van der Waals surface area contributed by atoms with Gasteiger partial charge in [0.25, 0.3) is 0 Å². The first-order valence-corrected chi connectivity index (χ1v) is 8.62. The second-order valence-corrected chi connectivity index (χ2v) is 6.18. The molecule has 0 bridgehead atoms. The molecule has 1 aliphatic rings. The number of carbonyl (C=O) groups is 1. The van der Waals surface area contributed by atoms with E-state index in [1.807, 2.05) is 18.2 Å². The Bertz CT molecular complexity index is 925. The number of aromatic nitrogens is 4. The smallest absolute Gasteiger partial charge is 0.340 e. The van der Waals surface area contributed by atoms with Gasteiger partial charge in [-0.05, 0) is 25.0 Å². The molecule has 2 N–H and O–H groups in total. The number of benzene rings is 1. The fourth-order valence-electron chi connectivity index (χ4n) is 3.39. The zero-order valence-corrected chi connectivity index (χ0v) is 14.5. The van der Waals surface area contributed by atoms with Gasteiger partial charge in [-0.1, -0.05) is 12.1 Å². The molecule has 0 radical (unpaired) electrons. The standard InChI is InChI=1S/C18H20N6O2/c1-19-14-7-3-2-6-13(14)18(25)26-9-12-5-4-8-24(12)17-15-16(21-10-20-15)22-11-23-17/h2-3,6-7,10-12,19H,4-5,8-9H2,1H3,(H,20,21,22,23). The Morgan fingerprint density at radius 1 is 1.35 bits per heavy atom. The molecule has 1 aromatic carbocycles. The third-order valence-corrected chi connectivity index (χ3v) is 4.68.